The number of hydrogen-bond donors (Lipinski definition) is 2. The normalized spacial score (nSPS) is 15.3. The van der Waals surface area contributed by atoms with E-state index in [0.717, 1.165) is 31.2 Å². The van der Waals surface area contributed by atoms with Gasteiger partial charge in [-0.25, -0.2) is 5.43 Å². The first-order chi connectivity index (χ1) is 11.2. The molecule has 1 saturated carbocycles. The van der Waals surface area contributed by atoms with Gasteiger partial charge in [0.15, 0.2) is 0 Å². The molecule has 0 spiro atoms. The standard InChI is InChI=1S/C17H23N3O3/c1-23-15-9-5-6-13(10-15)12-18-20-17(22)11-16(21)19-14-7-3-2-4-8-14/h5-6,9-10,12,14H,2-4,7-8,11H2,1H3,(H,19,21)(H,20,22). The first kappa shape index (κ1) is 17.0. The average Bonchev–Trinajstić information content (AvgIpc) is 2.56. The van der Waals surface area contributed by atoms with Crippen LogP contribution in [0.2, 0.25) is 0 Å². The van der Waals surface area contributed by atoms with Crippen molar-refractivity contribution in [3.05, 3.63) is 29.8 Å². The fourth-order valence-corrected chi connectivity index (χ4v) is 2.61. The minimum Gasteiger partial charge on any atom is -0.497 e. The molecule has 0 heterocycles. The fourth-order valence-electron chi connectivity index (χ4n) is 2.61. The summed E-state index contributed by atoms with van der Waals surface area (Å²) in [6.07, 6.45) is 6.82. The molecule has 2 amide bonds. The molecule has 0 aromatic heterocycles. The van der Waals surface area contributed by atoms with Crippen LogP contribution in [-0.2, 0) is 9.59 Å². The first-order valence-electron chi connectivity index (χ1n) is 7.92. The Labute approximate surface area is 136 Å². The van der Waals surface area contributed by atoms with Crippen LogP contribution in [0, 0.1) is 0 Å². The zero-order valence-electron chi connectivity index (χ0n) is 13.4. The summed E-state index contributed by atoms with van der Waals surface area (Å²) in [6, 6.07) is 7.51. The van der Waals surface area contributed by atoms with E-state index in [0.29, 0.717) is 5.75 Å². The van der Waals surface area contributed by atoms with Crippen LogP contribution < -0.4 is 15.5 Å². The minimum atomic E-state index is -0.419. The maximum Gasteiger partial charge on any atom is 0.249 e. The lowest BCUT2D eigenvalue weighted by Crippen LogP contribution is -2.38. The molecule has 1 aromatic rings. The Kier molecular flexibility index (Phi) is 6.59. The van der Waals surface area contributed by atoms with Crippen LogP contribution in [0.1, 0.15) is 44.1 Å². The van der Waals surface area contributed by atoms with Gasteiger partial charge in [0.05, 0.1) is 13.3 Å². The van der Waals surface area contributed by atoms with Gasteiger partial charge in [0.25, 0.3) is 0 Å². The number of rotatable bonds is 6. The van der Waals surface area contributed by atoms with Gasteiger partial charge in [-0.05, 0) is 30.5 Å². The molecule has 1 aliphatic rings. The molecular weight excluding hydrogens is 294 g/mol. The van der Waals surface area contributed by atoms with E-state index in [4.69, 9.17) is 4.74 Å². The van der Waals surface area contributed by atoms with E-state index in [1.54, 1.807) is 13.2 Å². The van der Waals surface area contributed by atoms with Gasteiger partial charge in [0, 0.05) is 6.04 Å². The highest BCUT2D eigenvalue weighted by molar-refractivity contribution is 5.97. The zero-order valence-corrected chi connectivity index (χ0v) is 13.4. The average molecular weight is 317 g/mol. The Morgan fingerprint density at radius 1 is 1.26 bits per heavy atom. The molecule has 6 heteroatoms. The molecule has 1 fully saturated rings. The summed E-state index contributed by atoms with van der Waals surface area (Å²) in [7, 11) is 1.59. The largest absolute Gasteiger partial charge is 0.497 e. The van der Waals surface area contributed by atoms with Crippen LogP contribution >= 0.6 is 0 Å². The molecule has 0 aliphatic heterocycles. The van der Waals surface area contributed by atoms with E-state index in [1.807, 2.05) is 18.2 Å². The quantitative estimate of drug-likeness (QED) is 0.478. The van der Waals surface area contributed by atoms with E-state index in [-0.39, 0.29) is 18.4 Å². The Bertz CT molecular complexity index is 566. The molecule has 0 saturated heterocycles. The summed E-state index contributed by atoms with van der Waals surface area (Å²) >= 11 is 0. The van der Waals surface area contributed by atoms with Crippen LogP contribution in [-0.4, -0.2) is 31.2 Å². The highest BCUT2D eigenvalue weighted by Crippen LogP contribution is 2.17. The minimum absolute atomic E-state index is 0.202. The monoisotopic (exact) mass is 317 g/mol. The van der Waals surface area contributed by atoms with Crippen LogP contribution in [0.3, 0.4) is 0 Å². The third-order valence-electron chi connectivity index (χ3n) is 3.79. The van der Waals surface area contributed by atoms with E-state index >= 15 is 0 Å². The molecule has 124 valence electrons. The predicted octanol–water partition coefficient (Wildman–Crippen LogP) is 1.98. The third-order valence-corrected chi connectivity index (χ3v) is 3.79. The number of nitrogens with one attached hydrogen (secondary N) is 2. The number of nitrogens with zero attached hydrogens (tertiary/aromatic N) is 1. The highest BCUT2D eigenvalue weighted by Gasteiger charge is 2.17. The number of amides is 2. The summed E-state index contributed by atoms with van der Waals surface area (Å²) in [5.41, 5.74) is 3.17. The molecule has 0 bridgehead atoms. The summed E-state index contributed by atoms with van der Waals surface area (Å²) in [6.45, 7) is 0. The van der Waals surface area contributed by atoms with Crippen molar-refractivity contribution in [1.29, 1.82) is 0 Å². The Hall–Kier alpha value is -2.37. The summed E-state index contributed by atoms with van der Waals surface area (Å²) in [5.74, 6) is 0.0515. The van der Waals surface area contributed by atoms with Crippen molar-refractivity contribution in [2.24, 2.45) is 5.10 Å². The number of carbonyl (C=O) groups is 2. The molecule has 2 rings (SSSR count). The number of ether oxygens (including phenoxy) is 1. The molecule has 0 atom stereocenters. The summed E-state index contributed by atoms with van der Waals surface area (Å²) < 4.78 is 5.11. The molecule has 1 aliphatic carbocycles. The van der Waals surface area contributed by atoms with E-state index in [9.17, 15) is 9.59 Å². The van der Waals surface area contributed by atoms with Gasteiger partial charge in [0.2, 0.25) is 11.8 Å². The Morgan fingerprint density at radius 3 is 2.78 bits per heavy atom. The zero-order chi connectivity index (χ0) is 16.5. The van der Waals surface area contributed by atoms with Crippen LogP contribution in [0.15, 0.2) is 29.4 Å². The van der Waals surface area contributed by atoms with Crippen molar-refractivity contribution >= 4 is 18.0 Å². The fraction of sp³-hybridized carbons (Fsp3) is 0.471. The van der Waals surface area contributed by atoms with Gasteiger partial charge < -0.3 is 10.1 Å². The number of hydrazone groups is 1. The molecule has 1 aromatic carbocycles. The summed E-state index contributed by atoms with van der Waals surface area (Å²) in [5, 5.41) is 6.76. The highest BCUT2D eigenvalue weighted by atomic mass is 16.5. The van der Waals surface area contributed by atoms with Crippen LogP contribution in [0.25, 0.3) is 0 Å². The van der Waals surface area contributed by atoms with Gasteiger partial charge in [-0.1, -0.05) is 31.4 Å². The van der Waals surface area contributed by atoms with Crippen molar-refractivity contribution < 1.29 is 14.3 Å². The van der Waals surface area contributed by atoms with Crippen molar-refractivity contribution in [3.63, 3.8) is 0 Å². The van der Waals surface area contributed by atoms with Crippen molar-refractivity contribution in [1.82, 2.24) is 10.7 Å². The second-order valence-electron chi connectivity index (χ2n) is 5.65. The lowest BCUT2D eigenvalue weighted by atomic mass is 9.95. The maximum atomic E-state index is 11.8. The number of benzene rings is 1. The van der Waals surface area contributed by atoms with Gasteiger partial charge in [-0.2, -0.15) is 5.10 Å². The molecule has 0 radical (unpaired) electrons. The van der Waals surface area contributed by atoms with Crippen molar-refractivity contribution in [3.8, 4) is 5.75 Å². The topological polar surface area (TPSA) is 79.8 Å². The second-order valence-corrected chi connectivity index (χ2v) is 5.65. The Balaban J connectivity index is 1.73. The van der Waals surface area contributed by atoms with Crippen LogP contribution in [0.4, 0.5) is 0 Å². The molecular formula is C17H23N3O3. The van der Waals surface area contributed by atoms with E-state index in [2.05, 4.69) is 15.8 Å². The predicted molar refractivity (Wildman–Crippen MR) is 88.4 cm³/mol. The molecule has 2 N–H and O–H groups in total. The van der Waals surface area contributed by atoms with Gasteiger partial charge in [0.1, 0.15) is 12.2 Å². The van der Waals surface area contributed by atoms with Crippen molar-refractivity contribution in [2.75, 3.05) is 7.11 Å². The van der Waals surface area contributed by atoms with E-state index in [1.165, 1.54) is 12.6 Å². The lowest BCUT2D eigenvalue weighted by Gasteiger charge is -2.22. The molecule has 6 nitrogen and oxygen atoms in total. The molecule has 23 heavy (non-hydrogen) atoms. The van der Waals surface area contributed by atoms with E-state index < -0.39 is 5.91 Å². The molecule has 0 unspecified atom stereocenters. The van der Waals surface area contributed by atoms with Gasteiger partial charge in [-0.15, -0.1) is 0 Å². The number of methoxy groups -OCH3 is 1. The van der Waals surface area contributed by atoms with Crippen molar-refractivity contribution in [2.45, 2.75) is 44.6 Å². The maximum absolute atomic E-state index is 11.8. The van der Waals surface area contributed by atoms with Gasteiger partial charge >= 0.3 is 0 Å². The lowest BCUT2D eigenvalue weighted by molar-refractivity contribution is -0.129. The van der Waals surface area contributed by atoms with Gasteiger partial charge in [-0.3, -0.25) is 9.59 Å². The summed E-state index contributed by atoms with van der Waals surface area (Å²) in [4.78, 5) is 23.5. The smallest absolute Gasteiger partial charge is 0.249 e. The second kappa shape index (κ2) is 8.92. The third kappa shape index (κ3) is 6.10. The number of carbonyl (C=O) groups excluding carboxylic acids is 2. The Morgan fingerprint density at radius 2 is 2.04 bits per heavy atom. The number of hydrogen-bond acceptors (Lipinski definition) is 4. The SMILES string of the molecule is COc1cccc(C=NNC(=O)CC(=O)NC2CCCCC2)c1. The van der Waals surface area contributed by atoms with Crippen LogP contribution in [0.5, 0.6) is 5.75 Å². The first-order valence-corrected chi connectivity index (χ1v) is 7.92.